The van der Waals surface area contributed by atoms with Crippen LogP contribution in [0.1, 0.15) is 0 Å². The second-order valence-corrected chi connectivity index (χ2v) is 12.2. The fraction of sp³-hybridized carbons (Fsp3) is 0. The van der Waals surface area contributed by atoms with Gasteiger partial charge in [-0.3, -0.25) is 40.5 Å². The molecule has 5 heterocycles. The van der Waals surface area contributed by atoms with E-state index < -0.39 is 19.7 Å². The van der Waals surface area contributed by atoms with Crippen LogP contribution in [0.2, 0.25) is 0 Å². The Kier molecular flexibility index (Phi) is 6.28. The van der Waals surface area contributed by atoms with Crippen LogP contribution in [-0.2, 0) is 0 Å². The van der Waals surface area contributed by atoms with E-state index in [2.05, 4.69) is 9.97 Å². The summed E-state index contributed by atoms with van der Waals surface area (Å²) in [4.78, 5) is 61.7. The van der Waals surface area contributed by atoms with Crippen LogP contribution in [-0.4, -0.2) is 39.6 Å². The predicted octanol–water partition coefficient (Wildman–Crippen LogP) is 8.92. The number of aromatic amines is 2. The van der Waals surface area contributed by atoms with Crippen LogP contribution in [0, 0.1) is 40.5 Å². The van der Waals surface area contributed by atoms with Crippen LogP contribution >= 0.6 is 0 Å². The maximum absolute atomic E-state index is 11.8. The smallest absolute Gasteiger partial charge is 0.270 e. The number of hydrogen-bond donors (Lipinski definition) is 2. The van der Waals surface area contributed by atoms with Gasteiger partial charge in [0.25, 0.3) is 22.7 Å². The third-order valence-electron chi connectivity index (χ3n) is 9.27. The molecule has 2 N–H and O–H groups in total. The highest BCUT2D eigenvalue weighted by Gasteiger charge is 2.24. The molecular weight excluding hydrogens is 672 g/mol. The normalized spacial score (nSPS) is 11.7. The highest BCUT2D eigenvalue weighted by atomic mass is 16.6. The van der Waals surface area contributed by atoms with E-state index in [9.17, 15) is 40.5 Å². The number of nitrogens with one attached hydrogen (secondary N) is 2. The molecule has 16 nitrogen and oxygen atoms in total. The predicted molar refractivity (Wildman–Crippen MR) is 191 cm³/mol. The Hall–Kier alpha value is -7.88. The molecule has 8 bridgehead atoms. The van der Waals surface area contributed by atoms with Crippen LogP contribution < -0.4 is 0 Å². The van der Waals surface area contributed by atoms with Crippen molar-refractivity contribution >= 4 is 66.4 Å². The van der Waals surface area contributed by atoms with E-state index in [4.69, 9.17) is 9.97 Å². The number of nitrogens with zero attached hydrogens (tertiary/aromatic N) is 6. The molecule has 2 aliphatic heterocycles. The van der Waals surface area contributed by atoms with Crippen molar-refractivity contribution in [3.63, 3.8) is 0 Å². The third kappa shape index (κ3) is 4.62. The van der Waals surface area contributed by atoms with E-state index in [1.54, 1.807) is 48.5 Å². The first kappa shape index (κ1) is 30.2. The summed E-state index contributed by atoms with van der Waals surface area (Å²) in [5.41, 5.74) is 4.92. The van der Waals surface area contributed by atoms with Crippen LogP contribution in [0.15, 0.2) is 97.1 Å². The second kappa shape index (κ2) is 10.8. The lowest BCUT2D eigenvalue weighted by Crippen LogP contribution is -1.88. The molecule has 250 valence electrons. The molecule has 52 heavy (non-hydrogen) atoms. The van der Waals surface area contributed by atoms with Gasteiger partial charge in [-0.1, -0.05) is 0 Å². The molecule has 2 aliphatic rings. The van der Waals surface area contributed by atoms with Gasteiger partial charge in [0.2, 0.25) is 0 Å². The van der Waals surface area contributed by atoms with Gasteiger partial charge >= 0.3 is 0 Å². The van der Waals surface area contributed by atoms with Gasteiger partial charge in [0.05, 0.1) is 42.5 Å². The lowest BCUT2D eigenvalue weighted by Gasteiger charge is -1.99. The van der Waals surface area contributed by atoms with E-state index in [-0.39, 0.29) is 22.7 Å². The van der Waals surface area contributed by atoms with Gasteiger partial charge in [-0.25, -0.2) is 9.97 Å². The van der Waals surface area contributed by atoms with Crippen LogP contribution in [0.5, 0.6) is 0 Å². The monoisotopic (exact) mass is 690 g/mol. The number of hydrogen-bond acceptors (Lipinski definition) is 10. The minimum Gasteiger partial charge on any atom is -0.354 e. The van der Waals surface area contributed by atoms with Crippen molar-refractivity contribution < 1.29 is 19.7 Å². The Labute approximate surface area is 288 Å². The highest BCUT2D eigenvalue weighted by molar-refractivity contribution is 6.11. The first-order chi connectivity index (χ1) is 25.0. The fourth-order valence-electron chi connectivity index (χ4n) is 6.87. The van der Waals surface area contributed by atoms with Crippen molar-refractivity contribution in [2.75, 3.05) is 0 Å². The number of H-pyrrole nitrogens is 2. The van der Waals surface area contributed by atoms with Crippen molar-refractivity contribution in [2.24, 2.45) is 0 Å². The van der Waals surface area contributed by atoms with Gasteiger partial charge in [0, 0.05) is 114 Å². The third-order valence-corrected chi connectivity index (χ3v) is 9.27. The summed E-state index contributed by atoms with van der Waals surface area (Å²) in [7, 11) is 0. The molecule has 0 atom stereocenters. The van der Waals surface area contributed by atoms with Gasteiger partial charge in [-0.05, 0) is 48.5 Å². The standard InChI is InChI=1S/C36H18N8O8/c45-41(46)17-1-5-21-25(9-17)33-14-30-23-7-3-19(43(49)50)11-27(23)35(39-30)16-32-24-8-4-20(44(51)52)12-28(24)36(40-32)15-31-22-6-2-18(42(47)48)10-26(22)34(38-31)13-29(21)37-33/h1-16,37,40H. The minimum absolute atomic E-state index is 0.151. The van der Waals surface area contributed by atoms with Crippen molar-refractivity contribution in [3.8, 4) is 45.0 Å². The van der Waals surface area contributed by atoms with Gasteiger partial charge in [-0.2, -0.15) is 0 Å². The van der Waals surface area contributed by atoms with Gasteiger partial charge in [0.1, 0.15) is 0 Å². The minimum atomic E-state index is -0.509. The van der Waals surface area contributed by atoms with Crippen molar-refractivity contribution in [2.45, 2.75) is 0 Å². The van der Waals surface area contributed by atoms with E-state index in [1.807, 2.05) is 0 Å². The molecule has 0 aliphatic carbocycles. The zero-order chi connectivity index (χ0) is 36.0. The zero-order valence-electron chi connectivity index (χ0n) is 26.2. The summed E-state index contributed by atoms with van der Waals surface area (Å²) in [6, 6.07) is 24.3. The van der Waals surface area contributed by atoms with Crippen molar-refractivity contribution in [1.29, 1.82) is 0 Å². The fourth-order valence-corrected chi connectivity index (χ4v) is 6.87. The van der Waals surface area contributed by atoms with Gasteiger partial charge in [-0.15, -0.1) is 0 Å². The molecule has 0 saturated heterocycles. The van der Waals surface area contributed by atoms with Crippen LogP contribution in [0.4, 0.5) is 22.7 Å². The second-order valence-electron chi connectivity index (χ2n) is 12.2. The Balaban J connectivity index is 1.48. The topological polar surface area (TPSA) is 230 Å². The average molecular weight is 691 g/mol. The summed E-state index contributed by atoms with van der Waals surface area (Å²) < 4.78 is 0. The van der Waals surface area contributed by atoms with Crippen molar-refractivity contribution in [3.05, 3.63) is 138 Å². The van der Waals surface area contributed by atoms with Gasteiger partial charge in [0.15, 0.2) is 0 Å². The number of benzene rings is 4. The number of aromatic nitrogens is 4. The molecule has 3 aromatic heterocycles. The molecule has 0 radical (unpaired) electrons. The molecule has 4 aromatic carbocycles. The summed E-state index contributed by atoms with van der Waals surface area (Å²) >= 11 is 0. The molecular formula is C36H18N8O8. The largest absolute Gasteiger partial charge is 0.354 e. The Bertz CT molecular complexity index is 2800. The lowest BCUT2D eigenvalue weighted by molar-refractivity contribution is -0.385. The zero-order valence-corrected chi connectivity index (χ0v) is 26.2. The first-order valence-corrected chi connectivity index (χ1v) is 15.5. The molecule has 0 fully saturated rings. The molecule has 0 unspecified atom stereocenters. The Morgan fingerprint density at radius 1 is 0.365 bits per heavy atom. The Morgan fingerprint density at radius 3 is 1.04 bits per heavy atom. The number of nitro benzene ring substituents is 4. The van der Waals surface area contributed by atoms with E-state index in [1.165, 1.54) is 48.5 Å². The molecule has 0 saturated carbocycles. The van der Waals surface area contributed by atoms with E-state index in [0.29, 0.717) is 88.6 Å². The number of nitro groups is 4. The molecule has 7 aromatic rings. The quantitative estimate of drug-likeness (QED) is 0.131. The maximum Gasteiger partial charge on any atom is 0.270 e. The van der Waals surface area contributed by atoms with Crippen LogP contribution in [0.3, 0.4) is 0 Å². The number of non-ortho nitro benzene ring substituents is 4. The van der Waals surface area contributed by atoms with Gasteiger partial charge < -0.3 is 9.97 Å². The summed E-state index contributed by atoms with van der Waals surface area (Å²) in [5.74, 6) is 0. The maximum atomic E-state index is 11.8. The summed E-state index contributed by atoms with van der Waals surface area (Å²) in [5, 5.41) is 49.4. The SMILES string of the molecule is O=[N+]([O-])c1ccc2c(c1)-c1cc3[nH]c(cc4nc(cc5[nH]c(cc-2n1)c1cc([N+](=O)[O-])ccc51)-c1cc([N+](=O)[O-])ccc1-4)c1cc([N+](=O)[O-])ccc31. The van der Waals surface area contributed by atoms with E-state index >= 15 is 0 Å². The van der Waals surface area contributed by atoms with Crippen LogP contribution in [0.25, 0.3) is 88.6 Å². The number of rotatable bonds is 4. The van der Waals surface area contributed by atoms with E-state index in [0.717, 1.165) is 0 Å². The Morgan fingerprint density at radius 2 is 0.673 bits per heavy atom. The molecule has 9 rings (SSSR count). The molecule has 16 heteroatoms. The number of fused-ring (bicyclic) bond motifs is 20. The molecule has 0 spiro atoms. The lowest BCUT2D eigenvalue weighted by atomic mass is 10.0. The summed E-state index contributed by atoms with van der Waals surface area (Å²) in [6.45, 7) is 0. The molecule has 0 amide bonds. The average Bonchev–Trinajstić information content (AvgIpc) is 3.85. The summed E-state index contributed by atoms with van der Waals surface area (Å²) in [6.07, 6.45) is 0. The highest BCUT2D eigenvalue weighted by Crippen LogP contribution is 2.42. The first-order valence-electron chi connectivity index (χ1n) is 15.5. The van der Waals surface area contributed by atoms with Crippen molar-refractivity contribution in [1.82, 2.24) is 19.9 Å².